The minimum Gasteiger partial charge on any atom is -0.344 e. The summed E-state index contributed by atoms with van der Waals surface area (Å²) in [6, 6.07) is 10.1. The van der Waals surface area contributed by atoms with Gasteiger partial charge in [0.05, 0.1) is 0 Å². The third-order valence-electron chi connectivity index (χ3n) is 3.46. The van der Waals surface area contributed by atoms with Crippen molar-refractivity contribution in [2.75, 3.05) is 19.6 Å². The van der Waals surface area contributed by atoms with Crippen molar-refractivity contribution >= 4 is 23.2 Å². The van der Waals surface area contributed by atoms with Crippen molar-refractivity contribution in [1.82, 2.24) is 16.4 Å². The van der Waals surface area contributed by atoms with Crippen LogP contribution in [0.3, 0.4) is 0 Å². The molecule has 1 heterocycles. The molecule has 0 spiro atoms. The summed E-state index contributed by atoms with van der Waals surface area (Å²) in [6.07, 6.45) is 2.31. The minimum absolute atomic E-state index is 0. The molecule has 1 fully saturated rings. The first-order valence-electron chi connectivity index (χ1n) is 6.56. The lowest BCUT2D eigenvalue weighted by Gasteiger charge is -2.46. The van der Waals surface area contributed by atoms with Crippen molar-refractivity contribution in [3.8, 4) is 0 Å². The summed E-state index contributed by atoms with van der Waals surface area (Å²) in [5.74, 6) is 0. The largest absolute Gasteiger partial charge is 0.344 e. The van der Waals surface area contributed by atoms with E-state index in [4.69, 9.17) is 23.2 Å². The van der Waals surface area contributed by atoms with Gasteiger partial charge in [-0.05, 0) is 12.0 Å². The molecule has 0 amide bonds. The van der Waals surface area contributed by atoms with Gasteiger partial charge >= 0.3 is 0 Å². The Morgan fingerprint density at radius 2 is 2.05 bits per heavy atom. The Labute approximate surface area is 125 Å². The van der Waals surface area contributed by atoms with Crippen LogP contribution < -0.4 is 11.5 Å². The van der Waals surface area contributed by atoms with Crippen molar-refractivity contribution in [2.45, 2.75) is 30.3 Å². The summed E-state index contributed by atoms with van der Waals surface area (Å²) < 4.78 is 0. The zero-order valence-electron chi connectivity index (χ0n) is 11.4. The van der Waals surface area contributed by atoms with Crippen LogP contribution in [-0.4, -0.2) is 30.0 Å². The van der Waals surface area contributed by atoms with Gasteiger partial charge < -0.3 is 6.15 Å². The van der Waals surface area contributed by atoms with E-state index in [1.807, 2.05) is 30.3 Å². The van der Waals surface area contributed by atoms with E-state index in [2.05, 4.69) is 17.1 Å². The molecule has 4 N–H and O–H groups in total. The van der Waals surface area contributed by atoms with Crippen molar-refractivity contribution < 1.29 is 0 Å². The Bertz CT molecular complexity index is 374. The van der Waals surface area contributed by atoms with Gasteiger partial charge in [0.2, 0.25) is 0 Å². The molecule has 0 radical (unpaired) electrons. The lowest BCUT2D eigenvalue weighted by atomic mass is 10.0. The van der Waals surface area contributed by atoms with E-state index in [-0.39, 0.29) is 11.7 Å². The molecule has 108 valence electrons. The van der Waals surface area contributed by atoms with E-state index in [1.165, 1.54) is 6.42 Å². The van der Waals surface area contributed by atoms with E-state index < -0.39 is 5.00 Å². The molecule has 2 unspecified atom stereocenters. The summed E-state index contributed by atoms with van der Waals surface area (Å²) in [4.78, 5) is 1.65. The lowest BCUT2D eigenvalue weighted by molar-refractivity contribution is 0.111. The predicted octanol–water partition coefficient (Wildman–Crippen LogP) is 3.51. The Morgan fingerprint density at radius 1 is 1.37 bits per heavy atom. The van der Waals surface area contributed by atoms with E-state index in [1.54, 1.807) is 0 Å². The summed E-state index contributed by atoms with van der Waals surface area (Å²) >= 11 is 13.3. The lowest BCUT2D eigenvalue weighted by Crippen LogP contribution is -2.60. The molecular formula is C14H23Cl2N3. The van der Waals surface area contributed by atoms with Gasteiger partial charge in [0.25, 0.3) is 0 Å². The number of hydrogen-bond donors (Lipinski definition) is 2. The highest BCUT2D eigenvalue weighted by atomic mass is 35.5. The molecule has 5 heteroatoms. The molecule has 0 saturated carbocycles. The monoisotopic (exact) mass is 303 g/mol. The zero-order chi connectivity index (χ0) is 13.0. The van der Waals surface area contributed by atoms with E-state index >= 15 is 0 Å². The highest BCUT2D eigenvalue weighted by molar-refractivity contribution is 6.32. The van der Waals surface area contributed by atoms with Crippen LogP contribution in [0.5, 0.6) is 0 Å². The second-order valence-electron chi connectivity index (χ2n) is 4.70. The zero-order valence-corrected chi connectivity index (χ0v) is 12.9. The highest BCUT2D eigenvalue weighted by Gasteiger charge is 2.45. The van der Waals surface area contributed by atoms with Crippen LogP contribution in [0.2, 0.25) is 0 Å². The number of nitrogens with zero attached hydrogens (tertiary/aromatic N) is 1. The van der Waals surface area contributed by atoms with Gasteiger partial charge in [0.1, 0.15) is 5.50 Å². The van der Waals surface area contributed by atoms with Crippen LogP contribution in [-0.2, 0) is 5.00 Å². The number of rotatable bonds is 4. The maximum atomic E-state index is 6.88. The van der Waals surface area contributed by atoms with Crippen molar-refractivity contribution in [3.63, 3.8) is 0 Å². The van der Waals surface area contributed by atoms with Crippen LogP contribution in [0.15, 0.2) is 30.3 Å². The number of benzene rings is 1. The maximum Gasteiger partial charge on any atom is 0.151 e. The number of unbranched alkanes of at least 4 members (excludes halogenated alkanes) is 1. The fourth-order valence-electron chi connectivity index (χ4n) is 2.41. The molecular weight excluding hydrogens is 281 g/mol. The van der Waals surface area contributed by atoms with Crippen molar-refractivity contribution in [3.05, 3.63) is 35.9 Å². The summed E-state index contributed by atoms with van der Waals surface area (Å²) in [5, 5.41) is 3.27. The topological polar surface area (TPSA) is 50.3 Å². The SMILES string of the molecule is CCCCN1CCNC(Cl)C1(Cl)c1ccccc1.N. The van der Waals surface area contributed by atoms with E-state index in [9.17, 15) is 0 Å². The fraction of sp³-hybridized carbons (Fsp3) is 0.571. The number of hydrogen-bond acceptors (Lipinski definition) is 3. The average Bonchev–Trinajstić information content (AvgIpc) is 2.41. The Morgan fingerprint density at radius 3 is 2.68 bits per heavy atom. The summed E-state index contributed by atoms with van der Waals surface area (Å²) in [7, 11) is 0. The van der Waals surface area contributed by atoms with Crippen LogP contribution in [0, 0.1) is 0 Å². The summed E-state index contributed by atoms with van der Waals surface area (Å²) in [5.41, 5.74) is 0.794. The standard InChI is InChI=1S/C14H20Cl2N2.H3N/c1-2-3-10-18-11-9-17-13(15)14(18,16)12-7-5-4-6-8-12;/h4-8,13,17H,2-3,9-11H2,1H3;1H3. The second-order valence-corrected chi connectivity index (χ2v) is 5.71. The first-order chi connectivity index (χ1) is 8.69. The maximum absolute atomic E-state index is 6.88. The molecule has 1 aromatic carbocycles. The van der Waals surface area contributed by atoms with Gasteiger partial charge in [0, 0.05) is 19.6 Å². The molecule has 0 bridgehead atoms. The quantitative estimate of drug-likeness (QED) is 0.661. The second kappa shape index (κ2) is 7.46. The Kier molecular flexibility index (Phi) is 6.57. The van der Waals surface area contributed by atoms with Gasteiger partial charge in [0.15, 0.2) is 5.00 Å². The third kappa shape index (κ3) is 3.41. The minimum atomic E-state index is -0.643. The van der Waals surface area contributed by atoms with Gasteiger partial charge in [-0.15, -0.1) is 11.6 Å². The molecule has 2 rings (SSSR count). The number of halogens is 2. The molecule has 1 aliphatic rings. The van der Waals surface area contributed by atoms with Crippen LogP contribution in [0.1, 0.15) is 25.3 Å². The van der Waals surface area contributed by atoms with E-state index in [0.717, 1.165) is 31.6 Å². The first-order valence-corrected chi connectivity index (χ1v) is 7.38. The molecule has 19 heavy (non-hydrogen) atoms. The molecule has 1 aliphatic heterocycles. The summed E-state index contributed by atoms with van der Waals surface area (Å²) in [6.45, 7) is 5.00. The average molecular weight is 304 g/mol. The Balaban J connectivity index is 0.00000180. The smallest absolute Gasteiger partial charge is 0.151 e. The fourth-order valence-corrected chi connectivity index (χ4v) is 3.15. The third-order valence-corrected chi connectivity index (χ3v) is 4.72. The first kappa shape index (κ1) is 16.7. The van der Waals surface area contributed by atoms with Crippen LogP contribution in [0.25, 0.3) is 0 Å². The van der Waals surface area contributed by atoms with Gasteiger partial charge in [-0.2, -0.15) is 0 Å². The van der Waals surface area contributed by atoms with Gasteiger partial charge in [-0.3, -0.25) is 10.2 Å². The van der Waals surface area contributed by atoms with Crippen LogP contribution in [0.4, 0.5) is 0 Å². The van der Waals surface area contributed by atoms with Gasteiger partial charge in [-0.1, -0.05) is 55.3 Å². The number of nitrogens with one attached hydrogen (secondary N) is 1. The molecule has 1 aromatic rings. The predicted molar refractivity (Wildman–Crippen MR) is 83.1 cm³/mol. The molecule has 3 nitrogen and oxygen atoms in total. The normalized spacial score (nSPS) is 27.8. The number of piperazine rings is 1. The molecule has 0 aliphatic carbocycles. The number of alkyl halides is 2. The Hall–Kier alpha value is -0.320. The van der Waals surface area contributed by atoms with Gasteiger partial charge in [-0.25, -0.2) is 0 Å². The molecule has 0 aromatic heterocycles. The van der Waals surface area contributed by atoms with Crippen molar-refractivity contribution in [1.29, 1.82) is 0 Å². The van der Waals surface area contributed by atoms with E-state index in [0.29, 0.717) is 0 Å². The molecule has 1 saturated heterocycles. The van der Waals surface area contributed by atoms with Crippen LogP contribution >= 0.6 is 23.2 Å². The molecule has 2 atom stereocenters. The van der Waals surface area contributed by atoms with Crippen molar-refractivity contribution in [2.24, 2.45) is 0 Å². The highest BCUT2D eigenvalue weighted by Crippen LogP contribution is 2.40.